The minimum Gasteiger partial charge on any atom is -0.495 e. The van der Waals surface area contributed by atoms with Crippen LogP contribution in [-0.2, 0) is 4.79 Å². The van der Waals surface area contributed by atoms with Gasteiger partial charge in [-0.05, 0) is 42.2 Å². The summed E-state index contributed by atoms with van der Waals surface area (Å²) in [4.78, 5) is 26.0. The van der Waals surface area contributed by atoms with E-state index in [2.05, 4.69) is 29.4 Å². The van der Waals surface area contributed by atoms with E-state index in [1.807, 2.05) is 43.3 Å². The van der Waals surface area contributed by atoms with E-state index in [-0.39, 0.29) is 17.1 Å². The highest BCUT2D eigenvalue weighted by atomic mass is 32.2. The Morgan fingerprint density at radius 1 is 1.09 bits per heavy atom. The quantitative estimate of drug-likeness (QED) is 0.375. The summed E-state index contributed by atoms with van der Waals surface area (Å²) >= 11 is 1.28. The number of aromatic nitrogens is 4. The van der Waals surface area contributed by atoms with Gasteiger partial charge in [0.2, 0.25) is 11.6 Å². The molecule has 0 spiro atoms. The number of hydrogen-bond acceptors (Lipinski definition) is 6. The number of carbonyl (C=O) groups is 1. The van der Waals surface area contributed by atoms with E-state index in [0.717, 1.165) is 5.69 Å². The summed E-state index contributed by atoms with van der Waals surface area (Å²) in [6.07, 6.45) is 3.96. The molecule has 176 valence electrons. The summed E-state index contributed by atoms with van der Waals surface area (Å²) < 4.78 is 8.47. The normalized spacial score (nSPS) is 12.1. The van der Waals surface area contributed by atoms with E-state index in [9.17, 15) is 9.59 Å². The van der Waals surface area contributed by atoms with Crippen LogP contribution in [0.4, 0.5) is 5.69 Å². The molecule has 34 heavy (non-hydrogen) atoms. The van der Waals surface area contributed by atoms with Gasteiger partial charge in [-0.3, -0.25) is 18.6 Å². The number of para-hydroxylation sites is 2. The zero-order valence-corrected chi connectivity index (χ0v) is 20.4. The van der Waals surface area contributed by atoms with Crippen LogP contribution < -0.4 is 15.6 Å². The van der Waals surface area contributed by atoms with Crippen molar-refractivity contribution in [2.24, 2.45) is 0 Å². The van der Waals surface area contributed by atoms with Crippen LogP contribution in [0.15, 0.2) is 70.9 Å². The second kappa shape index (κ2) is 10.1. The molecule has 1 amide bonds. The third-order valence-corrected chi connectivity index (χ3v) is 6.86. The highest BCUT2D eigenvalue weighted by molar-refractivity contribution is 8.00. The molecule has 2 aromatic carbocycles. The van der Waals surface area contributed by atoms with Crippen molar-refractivity contribution in [1.29, 1.82) is 0 Å². The fourth-order valence-electron chi connectivity index (χ4n) is 3.59. The van der Waals surface area contributed by atoms with Gasteiger partial charge < -0.3 is 10.1 Å². The average Bonchev–Trinajstić information content (AvgIpc) is 3.26. The standard InChI is InChI=1S/C25H27N5O3S/c1-5-21(23(31)26-18-12-10-17(11-13-18)16(2)3)34-25-28-27-22-24(32)29(14-15-30(22)25)19-8-6-7-9-20(19)33-4/h6-16,21H,5H2,1-4H3,(H,26,31). The topological polar surface area (TPSA) is 90.5 Å². The number of amides is 1. The highest BCUT2D eigenvalue weighted by Gasteiger charge is 2.22. The van der Waals surface area contributed by atoms with Crippen LogP contribution in [0.1, 0.15) is 38.7 Å². The number of anilines is 1. The molecule has 1 atom stereocenters. The second-order valence-electron chi connectivity index (χ2n) is 8.10. The number of nitrogens with one attached hydrogen (secondary N) is 1. The molecule has 0 saturated heterocycles. The van der Waals surface area contributed by atoms with Gasteiger partial charge in [0.1, 0.15) is 5.75 Å². The molecule has 8 nitrogen and oxygen atoms in total. The molecule has 1 N–H and O–H groups in total. The van der Waals surface area contributed by atoms with Crippen LogP contribution in [0, 0.1) is 0 Å². The van der Waals surface area contributed by atoms with Crippen LogP contribution in [0.5, 0.6) is 5.75 Å². The molecule has 0 saturated carbocycles. The van der Waals surface area contributed by atoms with Crippen LogP contribution in [0.3, 0.4) is 0 Å². The van der Waals surface area contributed by atoms with Crippen molar-refractivity contribution in [3.8, 4) is 11.4 Å². The smallest absolute Gasteiger partial charge is 0.300 e. The molecule has 0 aliphatic carbocycles. The van der Waals surface area contributed by atoms with Gasteiger partial charge in [0.25, 0.3) is 0 Å². The lowest BCUT2D eigenvalue weighted by molar-refractivity contribution is -0.115. The Balaban J connectivity index is 1.56. The van der Waals surface area contributed by atoms with E-state index < -0.39 is 5.25 Å². The Morgan fingerprint density at radius 2 is 1.82 bits per heavy atom. The van der Waals surface area contributed by atoms with Gasteiger partial charge in [0.05, 0.1) is 18.0 Å². The number of nitrogens with zero attached hydrogens (tertiary/aromatic N) is 4. The number of hydrogen-bond donors (Lipinski definition) is 1. The third kappa shape index (κ3) is 4.70. The highest BCUT2D eigenvalue weighted by Crippen LogP contribution is 2.26. The van der Waals surface area contributed by atoms with Gasteiger partial charge in [-0.2, -0.15) is 0 Å². The van der Waals surface area contributed by atoms with Gasteiger partial charge in [-0.1, -0.05) is 56.8 Å². The Kier molecular flexibility index (Phi) is 7.02. The first kappa shape index (κ1) is 23.6. The SMILES string of the molecule is CCC(Sc1nnc2c(=O)n(-c3ccccc3OC)ccn12)C(=O)Nc1ccc(C(C)C)cc1. The molecule has 2 aromatic heterocycles. The summed E-state index contributed by atoms with van der Waals surface area (Å²) in [5.74, 6) is 0.883. The second-order valence-corrected chi connectivity index (χ2v) is 9.27. The Hall–Kier alpha value is -3.59. The van der Waals surface area contributed by atoms with Crippen LogP contribution in [-0.4, -0.2) is 37.4 Å². The molecule has 4 aromatic rings. The van der Waals surface area contributed by atoms with Gasteiger partial charge in [0, 0.05) is 18.1 Å². The predicted octanol–water partition coefficient (Wildman–Crippen LogP) is 4.52. The molecule has 0 fully saturated rings. The van der Waals surface area contributed by atoms with Crippen molar-refractivity contribution in [2.45, 2.75) is 43.5 Å². The Morgan fingerprint density at radius 3 is 2.50 bits per heavy atom. The van der Waals surface area contributed by atoms with Gasteiger partial charge >= 0.3 is 5.56 Å². The molecular weight excluding hydrogens is 450 g/mol. The molecule has 1 unspecified atom stereocenters. The molecule has 0 aliphatic rings. The first-order valence-corrected chi connectivity index (χ1v) is 12.0. The third-order valence-electron chi connectivity index (χ3n) is 5.54. The molecule has 0 radical (unpaired) electrons. The van der Waals surface area contributed by atoms with Crippen molar-refractivity contribution >= 4 is 29.0 Å². The average molecular weight is 478 g/mol. The minimum atomic E-state index is -0.395. The summed E-state index contributed by atoms with van der Waals surface area (Å²) in [7, 11) is 1.56. The van der Waals surface area contributed by atoms with E-state index >= 15 is 0 Å². The summed E-state index contributed by atoms with van der Waals surface area (Å²) in [6.45, 7) is 6.20. The number of carbonyl (C=O) groups excluding carboxylic acids is 1. The zero-order chi connectivity index (χ0) is 24.2. The zero-order valence-electron chi connectivity index (χ0n) is 19.6. The molecule has 4 rings (SSSR count). The molecule has 0 bridgehead atoms. The van der Waals surface area contributed by atoms with E-state index in [0.29, 0.717) is 28.9 Å². The van der Waals surface area contributed by atoms with Crippen molar-refractivity contribution in [2.75, 3.05) is 12.4 Å². The number of ether oxygens (including phenoxy) is 1. The van der Waals surface area contributed by atoms with Crippen molar-refractivity contribution in [1.82, 2.24) is 19.2 Å². The lowest BCUT2D eigenvalue weighted by atomic mass is 10.0. The van der Waals surface area contributed by atoms with Crippen LogP contribution >= 0.6 is 11.8 Å². The maximum absolute atomic E-state index is 13.1. The number of methoxy groups -OCH3 is 1. The Bertz CT molecular complexity index is 1360. The van der Waals surface area contributed by atoms with Gasteiger partial charge in [-0.15, -0.1) is 10.2 Å². The Labute approximate surface area is 202 Å². The fourth-order valence-corrected chi connectivity index (χ4v) is 4.52. The maximum atomic E-state index is 13.1. The molecular formula is C25H27N5O3S. The van der Waals surface area contributed by atoms with Crippen molar-refractivity contribution in [3.63, 3.8) is 0 Å². The van der Waals surface area contributed by atoms with Crippen molar-refractivity contribution in [3.05, 3.63) is 76.8 Å². The van der Waals surface area contributed by atoms with Crippen LogP contribution in [0.25, 0.3) is 11.3 Å². The first-order valence-electron chi connectivity index (χ1n) is 11.1. The first-order chi connectivity index (χ1) is 16.4. The lowest BCUT2D eigenvalue weighted by Gasteiger charge is -2.14. The van der Waals surface area contributed by atoms with E-state index in [1.54, 1.807) is 36.0 Å². The van der Waals surface area contributed by atoms with Gasteiger partial charge in [-0.25, -0.2) is 0 Å². The molecule has 9 heteroatoms. The van der Waals surface area contributed by atoms with Crippen LogP contribution in [0.2, 0.25) is 0 Å². The molecule has 0 aliphatic heterocycles. The molecule has 2 heterocycles. The minimum absolute atomic E-state index is 0.121. The lowest BCUT2D eigenvalue weighted by Crippen LogP contribution is -2.25. The number of rotatable bonds is 8. The fraction of sp³-hybridized carbons (Fsp3) is 0.280. The summed E-state index contributed by atoms with van der Waals surface area (Å²) in [6, 6.07) is 15.1. The van der Waals surface area contributed by atoms with Crippen molar-refractivity contribution < 1.29 is 9.53 Å². The number of thioether (sulfide) groups is 1. The predicted molar refractivity (Wildman–Crippen MR) is 134 cm³/mol. The summed E-state index contributed by atoms with van der Waals surface area (Å²) in [5.41, 5.74) is 2.43. The van der Waals surface area contributed by atoms with E-state index in [1.165, 1.54) is 21.9 Å². The number of benzene rings is 2. The summed E-state index contributed by atoms with van der Waals surface area (Å²) in [5, 5.41) is 11.4. The number of fused-ring (bicyclic) bond motifs is 1. The van der Waals surface area contributed by atoms with E-state index in [4.69, 9.17) is 4.74 Å². The largest absolute Gasteiger partial charge is 0.495 e. The monoisotopic (exact) mass is 477 g/mol. The van der Waals surface area contributed by atoms with Gasteiger partial charge in [0.15, 0.2) is 5.16 Å². The maximum Gasteiger partial charge on any atom is 0.300 e.